The van der Waals surface area contributed by atoms with Crippen LogP contribution < -0.4 is 10.1 Å². The highest BCUT2D eigenvalue weighted by Crippen LogP contribution is 2.20. The average molecular weight is 403 g/mol. The summed E-state index contributed by atoms with van der Waals surface area (Å²) in [4.78, 5) is 15.7. The molecule has 0 radical (unpaired) electrons. The zero-order valence-corrected chi connectivity index (χ0v) is 14.0. The van der Waals surface area contributed by atoms with Crippen molar-refractivity contribution in [2.75, 3.05) is 6.61 Å². The van der Waals surface area contributed by atoms with Gasteiger partial charge in [-0.2, -0.15) is 13.2 Å². The molecule has 1 amide bonds. The molecule has 1 aromatic heterocycles. The van der Waals surface area contributed by atoms with Crippen molar-refractivity contribution in [3.8, 4) is 5.88 Å². The number of halogens is 4. The number of hydrogen-bond donors (Lipinski definition) is 1. The molecule has 2 aromatic rings. The molecule has 2 rings (SSSR count). The third-order valence-corrected chi connectivity index (χ3v) is 3.51. The van der Waals surface area contributed by atoms with E-state index in [9.17, 15) is 18.0 Å². The number of nitrogens with one attached hydrogen (secondary N) is 1. The Bertz CT molecular complexity index is 690. The maximum absolute atomic E-state index is 12.2. The molecule has 8 heteroatoms. The number of carbonyl (C=O) groups is 1. The molecule has 1 heterocycles. The summed E-state index contributed by atoms with van der Waals surface area (Å²) in [5.74, 6) is -0.387. The Labute approximate surface area is 145 Å². The summed E-state index contributed by atoms with van der Waals surface area (Å²) >= 11 is 3.31. The lowest BCUT2D eigenvalue weighted by atomic mass is 10.1. The summed E-state index contributed by atoms with van der Waals surface area (Å²) in [7, 11) is 0. The molecule has 0 atom stereocenters. The maximum Gasteiger partial charge on any atom is 0.422 e. The van der Waals surface area contributed by atoms with Gasteiger partial charge in [0.05, 0.1) is 6.42 Å². The van der Waals surface area contributed by atoms with Gasteiger partial charge in [0.25, 0.3) is 0 Å². The second-order valence-corrected chi connectivity index (χ2v) is 5.87. The van der Waals surface area contributed by atoms with Gasteiger partial charge in [-0.15, -0.1) is 0 Å². The van der Waals surface area contributed by atoms with Crippen molar-refractivity contribution in [2.24, 2.45) is 0 Å². The standard InChI is InChI=1S/C16H14BrF3N2O2/c17-13-5-3-11(4-6-13)8-14(23)22-9-12-2-1-7-21-15(12)24-10-16(18,19)20/h1-7H,8-10H2,(H,22,23). The SMILES string of the molecule is O=C(Cc1ccc(Br)cc1)NCc1cccnc1OCC(F)(F)F. The van der Waals surface area contributed by atoms with Crippen LogP contribution in [0.2, 0.25) is 0 Å². The van der Waals surface area contributed by atoms with Gasteiger partial charge in [-0.05, 0) is 23.8 Å². The molecule has 128 valence electrons. The number of ether oxygens (including phenoxy) is 1. The molecular weight excluding hydrogens is 389 g/mol. The topological polar surface area (TPSA) is 51.2 Å². The van der Waals surface area contributed by atoms with E-state index in [1.54, 1.807) is 12.1 Å². The molecule has 4 nitrogen and oxygen atoms in total. The van der Waals surface area contributed by atoms with Crippen LogP contribution in [0, 0.1) is 0 Å². The molecule has 0 aliphatic carbocycles. The van der Waals surface area contributed by atoms with Gasteiger partial charge >= 0.3 is 6.18 Å². The summed E-state index contributed by atoms with van der Waals surface area (Å²) in [6.07, 6.45) is -2.94. The smallest absolute Gasteiger partial charge is 0.422 e. The van der Waals surface area contributed by atoms with Crippen LogP contribution in [0.3, 0.4) is 0 Å². The van der Waals surface area contributed by atoms with Crippen LogP contribution in [-0.2, 0) is 17.8 Å². The fraction of sp³-hybridized carbons (Fsp3) is 0.250. The highest BCUT2D eigenvalue weighted by Gasteiger charge is 2.29. The number of benzene rings is 1. The number of amides is 1. The first-order valence-corrected chi connectivity index (χ1v) is 7.77. The summed E-state index contributed by atoms with van der Waals surface area (Å²) in [5.41, 5.74) is 1.21. The van der Waals surface area contributed by atoms with Crippen LogP contribution in [0.25, 0.3) is 0 Å². The summed E-state index contributed by atoms with van der Waals surface area (Å²) in [6.45, 7) is -1.39. The molecule has 0 bridgehead atoms. The minimum absolute atomic E-state index is 0.0381. The van der Waals surface area contributed by atoms with Crippen LogP contribution in [0.4, 0.5) is 13.2 Å². The molecule has 0 aliphatic heterocycles. The molecule has 1 N–H and O–H groups in total. The number of pyridine rings is 1. The molecule has 0 fully saturated rings. The first-order valence-electron chi connectivity index (χ1n) is 6.98. The van der Waals surface area contributed by atoms with E-state index < -0.39 is 12.8 Å². The van der Waals surface area contributed by atoms with Gasteiger partial charge in [-0.3, -0.25) is 4.79 Å². The summed E-state index contributed by atoms with van der Waals surface area (Å²) in [5, 5.41) is 2.65. The van der Waals surface area contributed by atoms with Crippen molar-refractivity contribution in [2.45, 2.75) is 19.1 Å². The van der Waals surface area contributed by atoms with Crippen molar-refractivity contribution in [3.63, 3.8) is 0 Å². The Morgan fingerprint density at radius 1 is 1.21 bits per heavy atom. The molecule has 0 saturated carbocycles. The normalized spacial score (nSPS) is 11.2. The van der Waals surface area contributed by atoms with Crippen LogP contribution in [0.1, 0.15) is 11.1 Å². The van der Waals surface area contributed by atoms with E-state index in [1.807, 2.05) is 24.3 Å². The minimum atomic E-state index is -4.44. The van der Waals surface area contributed by atoms with Crippen LogP contribution in [0.5, 0.6) is 5.88 Å². The van der Waals surface area contributed by atoms with Crippen LogP contribution in [-0.4, -0.2) is 23.7 Å². The van der Waals surface area contributed by atoms with Gasteiger partial charge < -0.3 is 10.1 Å². The summed E-state index contributed by atoms with van der Waals surface area (Å²) in [6, 6.07) is 10.4. The quantitative estimate of drug-likeness (QED) is 0.802. The van der Waals surface area contributed by atoms with Gasteiger partial charge in [-0.1, -0.05) is 34.1 Å². The minimum Gasteiger partial charge on any atom is -0.468 e. The van der Waals surface area contributed by atoms with E-state index in [4.69, 9.17) is 0 Å². The molecule has 24 heavy (non-hydrogen) atoms. The lowest BCUT2D eigenvalue weighted by Gasteiger charge is -2.12. The number of hydrogen-bond acceptors (Lipinski definition) is 3. The monoisotopic (exact) mass is 402 g/mol. The lowest BCUT2D eigenvalue weighted by molar-refractivity contribution is -0.154. The van der Waals surface area contributed by atoms with Gasteiger partial charge in [0.15, 0.2) is 6.61 Å². The molecule has 1 aromatic carbocycles. The molecular formula is C16H14BrF3N2O2. The zero-order valence-electron chi connectivity index (χ0n) is 12.4. The van der Waals surface area contributed by atoms with Crippen molar-refractivity contribution in [3.05, 3.63) is 58.2 Å². The predicted octanol–water partition coefficient (Wildman–Crippen LogP) is 3.64. The Morgan fingerprint density at radius 2 is 1.92 bits per heavy atom. The largest absolute Gasteiger partial charge is 0.468 e. The van der Waals surface area contributed by atoms with Crippen LogP contribution >= 0.6 is 15.9 Å². The fourth-order valence-electron chi connectivity index (χ4n) is 1.88. The Balaban J connectivity index is 1.91. The van der Waals surface area contributed by atoms with Gasteiger partial charge in [0, 0.05) is 22.8 Å². The Hall–Kier alpha value is -2.09. The van der Waals surface area contributed by atoms with Gasteiger partial charge in [0.1, 0.15) is 0 Å². The second-order valence-electron chi connectivity index (χ2n) is 4.95. The van der Waals surface area contributed by atoms with Crippen molar-refractivity contribution in [1.82, 2.24) is 10.3 Å². The average Bonchev–Trinajstić information content (AvgIpc) is 2.53. The highest BCUT2D eigenvalue weighted by atomic mass is 79.9. The number of rotatable bonds is 6. The van der Waals surface area contributed by atoms with Gasteiger partial charge in [0.2, 0.25) is 11.8 Å². The fourth-order valence-corrected chi connectivity index (χ4v) is 2.15. The van der Waals surface area contributed by atoms with Gasteiger partial charge in [-0.25, -0.2) is 4.98 Å². The van der Waals surface area contributed by atoms with Crippen molar-refractivity contribution < 1.29 is 22.7 Å². The first-order chi connectivity index (χ1) is 11.3. The molecule has 0 saturated heterocycles. The highest BCUT2D eigenvalue weighted by molar-refractivity contribution is 9.10. The molecule has 0 spiro atoms. The second kappa shape index (κ2) is 8.14. The predicted molar refractivity (Wildman–Crippen MR) is 85.5 cm³/mol. The van der Waals surface area contributed by atoms with E-state index >= 15 is 0 Å². The number of carbonyl (C=O) groups excluding carboxylic acids is 1. The van der Waals surface area contributed by atoms with E-state index in [0.29, 0.717) is 5.56 Å². The Morgan fingerprint density at radius 3 is 2.58 bits per heavy atom. The molecule has 0 unspecified atom stereocenters. The molecule has 0 aliphatic rings. The number of nitrogens with zero attached hydrogens (tertiary/aromatic N) is 1. The zero-order chi connectivity index (χ0) is 17.6. The van der Waals surface area contributed by atoms with Crippen molar-refractivity contribution in [1.29, 1.82) is 0 Å². The van der Waals surface area contributed by atoms with Crippen molar-refractivity contribution >= 4 is 21.8 Å². The van der Waals surface area contributed by atoms with Crippen LogP contribution in [0.15, 0.2) is 47.1 Å². The Kier molecular flexibility index (Phi) is 6.19. The third-order valence-electron chi connectivity index (χ3n) is 2.98. The van der Waals surface area contributed by atoms with E-state index in [-0.39, 0.29) is 24.8 Å². The van der Waals surface area contributed by atoms with E-state index in [2.05, 4.69) is 31.0 Å². The van der Waals surface area contributed by atoms with E-state index in [0.717, 1.165) is 10.0 Å². The third kappa shape index (κ3) is 6.19. The first kappa shape index (κ1) is 18.3. The number of aromatic nitrogens is 1. The number of alkyl halides is 3. The van der Waals surface area contributed by atoms with E-state index in [1.165, 1.54) is 6.20 Å². The summed E-state index contributed by atoms with van der Waals surface area (Å²) < 4.78 is 42.3. The maximum atomic E-state index is 12.2. The lowest BCUT2D eigenvalue weighted by Crippen LogP contribution is -2.25.